The minimum Gasteiger partial charge on any atom is -0.397 e. The average Bonchev–Trinajstić information content (AvgIpc) is 2.41. The molecule has 1 aromatic rings. The number of aromatic nitrogens is 1. The minimum atomic E-state index is -0.477. The summed E-state index contributed by atoms with van der Waals surface area (Å²) >= 11 is 0. The van der Waals surface area contributed by atoms with Crippen molar-refractivity contribution in [2.24, 2.45) is 5.73 Å². The number of rotatable bonds is 3. The van der Waals surface area contributed by atoms with Gasteiger partial charge in [0.15, 0.2) is 0 Å². The zero-order chi connectivity index (χ0) is 13.8. The Bertz CT molecular complexity index is 478. The van der Waals surface area contributed by atoms with E-state index in [1.165, 1.54) is 6.20 Å². The Hall–Kier alpha value is -1.82. The van der Waals surface area contributed by atoms with E-state index in [1.54, 1.807) is 17.0 Å². The molecular weight excluding hydrogens is 280 g/mol. The first-order valence-electron chi connectivity index (χ1n) is 6.37. The molecule has 6 nitrogen and oxygen atoms in total. The van der Waals surface area contributed by atoms with Gasteiger partial charge in [-0.2, -0.15) is 0 Å². The number of nitrogens with two attached hydrogens (primary N) is 2. The van der Waals surface area contributed by atoms with Crippen molar-refractivity contribution < 1.29 is 9.59 Å². The highest BCUT2D eigenvalue weighted by Crippen LogP contribution is 2.18. The largest absolute Gasteiger partial charge is 0.397 e. The zero-order valence-corrected chi connectivity index (χ0v) is 11.9. The molecule has 0 saturated carbocycles. The fourth-order valence-electron chi connectivity index (χ4n) is 2.32. The molecule has 1 aromatic heterocycles. The summed E-state index contributed by atoms with van der Waals surface area (Å²) in [5.74, 6) is -0.543. The molecule has 1 aliphatic heterocycles. The molecular formula is C13H19ClN4O2. The predicted octanol–water partition coefficient (Wildman–Crippen LogP) is 0.494. The number of carbonyl (C=O) groups excluding carboxylic acids is 2. The maximum absolute atomic E-state index is 12.2. The standard InChI is InChI=1S/C13H18N4O2.ClH/c14-9-4-5-10(16-8-9)7-12(18)17-6-2-1-3-11(17)13(15)19;/h4-5,8,11H,1-3,6-7,14H2,(H2,15,19);1H. The van der Waals surface area contributed by atoms with Gasteiger partial charge in [-0.3, -0.25) is 14.6 Å². The molecule has 4 N–H and O–H groups in total. The second-order valence-electron chi connectivity index (χ2n) is 4.76. The van der Waals surface area contributed by atoms with E-state index < -0.39 is 11.9 Å². The molecule has 0 radical (unpaired) electrons. The fraction of sp³-hybridized carbons (Fsp3) is 0.462. The molecule has 2 heterocycles. The van der Waals surface area contributed by atoms with E-state index in [9.17, 15) is 9.59 Å². The molecule has 0 aliphatic carbocycles. The summed E-state index contributed by atoms with van der Waals surface area (Å²) in [6.07, 6.45) is 4.17. The molecule has 1 fully saturated rings. The van der Waals surface area contributed by atoms with Gasteiger partial charge in [0.2, 0.25) is 11.8 Å². The van der Waals surface area contributed by atoms with Crippen molar-refractivity contribution in [1.82, 2.24) is 9.88 Å². The van der Waals surface area contributed by atoms with E-state index in [1.807, 2.05) is 0 Å². The van der Waals surface area contributed by atoms with E-state index in [0.717, 1.165) is 12.8 Å². The van der Waals surface area contributed by atoms with Crippen LogP contribution in [-0.2, 0) is 16.0 Å². The number of carbonyl (C=O) groups is 2. The van der Waals surface area contributed by atoms with Crippen LogP contribution >= 0.6 is 12.4 Å². The first-order valence-corrected chi connectivity index (χ1v) is 6.37. The lowest BCUT2D eigenvalue weighted by Gasteiger charge is -2.33. The van der Waals surface area contributed by atoms with E-state index in [0.29, 0.717) is 24.3 Å². The summed E-state index contributed by atoms with van der Waals surface area (Å²) in [6, 6.07) is 2.95. The first kappa shape index (κ1) is 16.2. The van der Waals surface area contributed by atoms with Gasteiger partial charge < -0.3 is 16.4 Å². The van der Waals surface area contributed by atoms with Gasteiger partial charge >= 0.3 is 0 Å². The molecule has 1 atom stereocenters. The predicted molar refractivity (Wildman–Crippen MR) is 78.1 cm³/mol. The van der Waals surface area contributed by atoms with Crippen molar-refractivity contribution in [3.8, 4) is 0 Å². The van der Waals surface area contributed by atoms with Crippen molar-refractivity contribution in [3.05, 3.63) is 24.0 Å². The highest BCUT2D eigenvalue weighted by Gasteiger charge is 2.30. The van der Waals surface area contributed by atoms with Crippen LogP contribution in [0.1, 0.15) is 25.0 Å². The zero-order valence-electron chi connectivity index (χ0n) is 11.1. The number of halogens is 1. The first-order chi connectivity index (χ1) is 9.08. The van der Waals surface area contributed by atoms with Crippen LogP contribution in [0.3, 0.4) is 0 Å². The maximum Gasteiger partial charge on any atom is 0.240 e. The van der Waals surface area contributed by atoms with Crippen molar-refractivity contribution in [3.63, 3.8) is 0 Å². The van der Waals surface area contributed by atoms with Crippen molar-refractivity contribution in [2.45, 2.75) is 31.7 Å². The Kier molecular flexibility index (Phi) is 5.76. The number of amides is 2. The number of piperidine rings is 1. The van der Waals surface area contributed by atoms with Crippen LogP contribution in [0.25, 0.3) is 0 Å². The van der Waals surface area contributed by atoms with Gasteiger partial charge in [0.25, 0.3) is 0 Å². The molecule has 1 unspecified atom stereocenters. The molecule has 7 heteroatoms. The van der Waals surface area contributed by atoms with Gasteiger partial charge in [-0.15, -0.1) is 12.4 Å². The van der Waals surface area contributed by atoms with Crippen LogP contribution in [-0.4, -0.2) is 34.3 Å². The summed E-state index contributed by atoms with van der Waals surface area (Å²) in [7, 11) is 0. The van der Waals surface area contributed by atoms with Gasteiger partial charge in [0, 0.05) is 12.2 Å². The molecule has 2 rings (SSSR count). The topological polar surface area (TPSA) is 102 Å². The lowest BCUT2D eigenvalue weighted by atomic mass is 10.0. The van der Waals surface area contributed by atoms with Crippen molar-refractivity contribution in [2.75, 3.05) is 12.3 Å². The Morgan fingerprint density at radius 1 is 1.35 bits per heavy atom. The molecule has 110 valence electrons. The van der Waals surface area contributed by atoms with Crippen LogP contribution < -0.4 is 11.5 Å². The van der Waals surface area contributed by atoms with Gasteiger partial charge in [0.05, 0.1) is 18.3 Å². The smallest absolute Gasteiger partial charge is 0.240 e. The number of anilines is 1. The molecule has 1 aliphatic rings. The van der Waals surface area contributed by atoms with Gasteiger partial charge in [-0.25, -0.2) is 0 Å². The molecule has 2 amide bonds. The summed E-state index contributed by atoms with van der Waals surface area (Å²) < 4.78 is 0. The van der Waals surface area contributed by atoms with E-state index in [4.69, 9.17) is 11.5 Å². The third-order valence-electron chi connectivity index (χ3n) is 3.33. The number of nitrogens with zero attached hydrogens (tertiary/aromatic N) is 2. The van der Waals surface area contributed by atoms with E-state index >= 15 is 0 Å². The SMILES string of the molecule is Cl.NC(=O)C1CCCCN1C(=O)Cc1ccc(N)cn1. The number of pyridine rings is 1. The summed E-state index contributed by atoms with van der Waals surface area (Å²) in [5.41, 5.74) is 12.1. The Morgan fingerprint density at radius 3 is 2.70 bits per heavy atom. The lowest BCUT2D eigenvalue weighted by Crippen LogP contribution is -2.51. The third kappa shape index (κ3) is 3.84. The van der Waals surface area contributed by atoms with Gasteiger partial charge in [0.1, 0.15) is 6.04 Å². The van der Waals surface area contributed by atoms with Crippen molar-refractivity contribution in [1.29, 1.82) is 0 Å². The van der Waals surface area contributed by atoms with Crippen LogP contribution in [0.2, 0.25) is 0 Å². The van der Waals surface area contributed by atoms with Crippen LogP contribution in [0, 0.1) is 0 Å². The number of hydrogen-bond acceptors (Lipinski definition) is 4. The number of primary amides is 1. The molecule has 0 bridgehead atoms. The molecule has 0 aromatic carbocycles. The molecule has 20 heavy (non-hydrogen) atoms. The van der Waals surface area contributed by atoms with E-state index in [2.05, 4.69) is 4.98 Å². The second-order valence-corrected chi connectivity index (χ2v) is 4.76. The summed E-state index contributed by atoms with van der Waals surface area (Å²) in [4.78, 5) is 29.2. The van der Waals surface area contributed by atoms with E-state index in [-0.39, 0.29) is 24.7 Å². The maximum atomic E-state index is 12.2. The van der Waals surface area contributed by atoms with Crippen LogP contribution in [0.5, 0.6) is 0 Å². The number of likely N-dealkylation sites (tertiary alicyclic amines) is 1. The Morgan fingerprint density at radius 2 is 2.10 bits per heavy atom. The normalized spacial score (nSPS) is 18.2. The fourth-order valence-corrected chi connectivity index (χ4v) is 2.32. The van der Waals surface area contributed by atoms with Crippen LogP contribution in [0.15, 0.2) is 18.3 Å². The highest BCUT2D eigenvalue weighted by molar-refractivity contribution is 5.87. The quantitative estimate of drug-likeness (QED) is 0.848. The summed E-state index contributed by atoms with van der Waals surface area (Å²) in [6.45, 7) is 0.585. The number of nitrogen functional groups attached to an aromatic ring is 1. The monoisotopic (exact) mass is 298 g/mol. The van der Waals surface area contributed by atoms with Gasteiger partial charge in [-0.05, 0) is 31.4 Å². The Balaban J connectivity index is 0.00000200. The third-order valence-corrected chi connectivity index (χ3v) is 3.33. The lowest BCUT2D eigenvalue weighted by molar-refractivity contribution is -0.140. The van der Waals surface area contributed by atoms with Gasteiger partial charge in [-0.1, -0.05) is 0 Å². The van der Waals surface area contributed by atoms with Crippen LogP contribution in [0.4, 0.5) is 5.69 Å². The minimum absolute atomic E-state index is 0. The summed E-state index contributed by atoms with van der Waals surface area (Å²) in [5, 5.41) is 0. The molecule has 0 spiro atoms. The highest BCUT2D eigenvalue weighted by atomic mass is 35.5. The van der Waals surface area contributed by atoms with Crippen molar-refractivity contribution >= 4 is 29.9 Å². The second kappa shape index (κ2) is 7.09. The molecule has 1 saturated heterocycles. The number of hydrogen-bond donors (Lipinski definition) is 2. The average molecular weight is 299 g/mol. The Labute approximate surface area is 123 Å².